The van der Waals surface area contributed by atoms with E-state index in [2.05, 4.69) is 34.1 Å². The van der Waals surface area contributed by atoms with Crippen LogP contribution in [0.25, 0.3) is 22.2 Å². The molecule has 0 saturated heterocycles. The van der Waals surface area contributed by atoms with Crippen molar-refractivity contribution in [2.75, 3.05) is 7.11 Å². The number of unbranched alkanes of at least 4 members (excludes halogenated alkanes) is 2. The summed E-state index contributed by atoms with van der Waals surface area (Å²) in [6.07, 6.45) is 1.71. The molecule has 0 aliphatic rings. The van der Waals surface area contributed by atoms with Gasteiger partial charge in [-0.1, -0.05) is 57.0 Å². The van der Waals surface area contributed by atoms with Gasteiger partial charge >= 0.3 is 12.1 Å². The number of carbonyl (C=O) groups is 3. The van der Waals surface area contributed by atoms with Crippen LogP contribution in [0.2, 0.25) is 0 Å². The number of hydrogen-bond donors (Lipinski definition) is 4. The van der Waals surface area contributed by atoms with E-state index < -0.39 is 12.1 Å². The molecule has 2 aromatic carbocycles. The summed E-state index contributed by atoms with van der Waals surface area (Å²) in [6.45, 7) is 6.14. The summed E-state index contributed by atoms with van der Waals surface area (Å²) in [7, 11) is 1.64. The Hall–Kier alpha value is -4.61. The molecule has 0 aliphatic carbocycles. The van der Waals surface area contributed by atoms with Gasteiger partial charge in [-0.15, -0.1) is 0 Å². The number of carboxylic acids is 1. The van der Waals surface area contributed by atoms with Gasteiger partial charge in [-0.25, -0.2) is 9.78 Å². The quantitative estimate of drug-likeness (QED) is 0.105. The van der Waals surface area contributed by atoms with Gasteiger partial charge in [0, 0.05) is 29.4 Å². The molecule has 2 aromatic heterocycles. The molecular formula is C34H41F3N4O5. The normalized spacial score (nSPS) is 12.0. The number of amides is 1. The highest BCUT2D eigenvalue weighted by molar-refractivity contribution is 5.91. The number of halogens is 3. The van der Waals surface area contributed by atoms with Crippen LogP contribution in [-0.4, -0.2) is 51.0 Å². The Morgan fingerprint density at radius 3 is 2.35 bits per heavy atom. The van der Waals surface area contributed by atoms with E-state index in [1.54, 1.807) is 7.11 Å². The third-order valence-corrected chi connectivity index (χ3v) is 7.34. The summed E-state index contributed by atoms with van der Waals surface area (Å²) in [4.78, 5) is 45.8. The van der Waals surface area contributed by atoms with E-state index in [1.165, 1.54) is 0 Å². The second-order valence-electron chi connectivity index (χ2n) is 11.5. The van der Waals surface area contributed by atoms with Gasteiger partial charge in [0.15, 0.2) is 0 Å². The minimum Gasteiger partial charge on any atom is -0.497 e. The predicted molar refractivity (Wildman–Crippen MR) is 169 cm³/mol. The van der Waals surface area contributed by atoms with E-state index in [0.717, 1.165) is 70.7 Å². The van der Waals surface area contributed by atoms with Gasteiger partial charge in [-0.05, 0) is 55.0 Å². The zero-order valence-corrected chi connectivity index (χ0v) is 26.5. The fraction of sp³-hybridized carbons (Fsp3) is 0.412. The minimum absolute atomic E-state index is 0.0587. The number of nitrogens with one attached hydrogen (secondary N) is 3. The van der Waals surface area contributed by atoms with Gasteiger partial charge in [-0.3, -0.25) is 9.59 Å². The molecule has 4 aromatic rings. The molecule has 0 fully saturated rings. The Morgan fingerprint density at radius 2 is 1.72 bits per heavy atom. The van der Waals surface area contributed by atoms with Gasteiger partial charge in [0.25, 0.3) is 0 Å². The number of ether oxygens (including phenoxy) is 1. The van der Waals surface area contributed by atoms with Crippen molar-refractivity contribution < 1.29 is 37.4 Å². The van der Waals surface area contributed by atoms with E-state index in [9.17, 15) is 22.8 Å². The molecule has 0 radical (unpaired) electrons. The highest BCUT2D eigenvalue weighted by Gasteiger charge is 2.38. The second-order valence-corrected chi connectivity index (χ2v) is 11.5. The first-order valence-electron chi connectivity index (χ1n) is 15.1. The van der Waals surface area contributed by atoms with Gasteiger partial charge in [0.2, 0.25) is 5.91 Å². The lowest BCUT2D eigenvalue weighted by atomic mass is 10.0. The number of carboxylic acid groups (broad SMARTS) is 1. The molecule has 12 heteroatoms. The molecule has 1 amide bonds. The number of nitrogens with zero attached hydrogens (tertiary/aromatic N) is 1. The average molecular weight is 643 g/mol. The molecule has 0 bridgehead atoms. The number of methoxy groups -OCH3 is 1. The number of ketones is 1. The topological polar surface area (TPSA) is 137 Å². The molecule has 1 atom stereocenters. The summed E-state index contributed by atoms with van der Waals surface area (Å²) in [5, 5.41) is 11.4. The largest absolute Gasteiger partial charge is 0.497 e. The van der Waals surface area contributed by atoms with Crippen LogP contribution in [0.1, 0.15) is 75.5 Å². The van der Waals surface area contributed by atoms with Gasteiger partial charge < -0.3 is 25.1 Å². The third-order valence-electron chi connectivity index (χ3n) is 7.34. The van der Waals surface area contributed by atoms with Crippen LogP contribution in [0.3, 0.4) is 0 Å². The van der Waals surface area contributed by atoms with Crippen molar-refractivity contribution in [3.8, 4) is 17.0 Å². The van der Waals surface area contributed by atoms with E-state index in [1.807, 2.05) is 61.7 Å². The fourth-order valence-corrected chi connectivity index (χ4v) is 5.08. The summed E-state index contributed by atoms with van der Waals surface area (Å²) in [5.41, 5.74) is 4.89. The maximum Gasteiger partial charge on any atom is 0.490 e. The summed E-state index contributed by atoms with van der Waals surface area (Å²) < 4.78 is 37.1. The Bertz CT molecular complexity index is 1600. The lowest BCUT2D eigenvalue weighted by molar-refractivity contribution is -0.192. The van der Waals surface area contributed by atoms with Crippen molar-refractivity contribution in [1.82, 2.24) is 20.3 Å². The van der Waals surface area contributed by atoms with E-state index in [4.69, 9.17) is 14.6 Å². The molecular weight excluding hydrogens is 601 g/mol. The smallest absolute Gasteiger partial charge is 0.490 e. The number of rotatable bonds is 14. The number of aliphatic carboxylic acids is 1. The molecule has 248 valence electrons. The number of carbonyl (C=O) groups excluding carboxylic acids is 2. The molecule has 9 nitrogen and oxygen atoms in total. The van der Waals surface area contributed by atoms with Crippen LogP contribution in [-0.2, 0) is 20.8 Å². The molecule has 4 rings (SSSR count). The summed E-state index contributed by atoms with van der Waals surface area (Å²) >= 11 is 0. The monoisotopic (exact) mass is 642 g/mol. The molecule has 0 aliphatic heterocycles. The number of aromatic nitrogens is 3. The standard InChI is InChI=1S/C32H40N4O3.C2HF3O2/c1-21(2)17-24(37)13-9-6-10-14-29(32-33-20-30(36-32)23-11-7-5-8-12-23)35-31(38)19-26-22(3)34-28-16-15-25(39-4)18-27(26)28;3-2(4,5)1(6)7/h5,7-8,11-12,15-16,18,20-21,29,34H,6,9-10,13-14,17,19H2,1-4H3,(H,33,36)(H,35,38);(H,6,7)/t29-;/m0./s1. The summed E-state index contributed by atoms with van der Waals surface area (Å²) in [6, 6.07) is 15.7. The molecule has 2 heterocycles. The highest BCUT2D eigenvalue weighted by Crippen LogP contribution is 2.28. The maximum absolute atomic E-state index is 13.4. The molecule has 0 spiro atoms. The van der Waals surface area contributed by atoms with Crippen molar-refractivity contribution in [3.05, 3.63) is 71.8 Å². The van der Waals surface area contributed by atoms with Crippen molar-refractivity contribution in [2.24, 2.45) is 5.92 Å². The second kappa shape index (κ2) is 16.6. The SMILES string of the molecule is COc1ccc2[nH]c(C)c(CC(=O)N[C@@H](CCCCCC(=O)CC(C)C)c3ncc(-c4ccccc4)[nH]3)c2c1.O=C(O)C(F)(F)F. The fourth-order valence-electron chi connectivity index (χ4n) is 5.08. The van der Waals surface area contributed by atoms with Gasteiger partial charge in [0.1, 0.15) is 17.4 Å². The number of hydrogen-bond acceptors (Lipinski definition) is 5. The maximum atomic E-state index is 13.4. The number of benzene rings is 2. The zero-order valence-electron chi connectivity index (χ0n) is 26.5. The van der Waals surface area contributed by atoms with Crippen molar-refractivity contribution in [1.29, 1.82) is 0 Å². The number of aryl methyl sites for hydroxylation is 1. The number of fused-ring (bicyclic) bond motifs is 1. The van der Waals surface area contributed by atoms with Gasteiger partial charge in [-0.2, -0.15) is 13.2 Å². The number of Topliss-reactive ketones (excluding diaryl/α,β-unsaturated/α-hetero) is 1. The van der Waals surface area contributed by atoms with Gasteiger partial charge in [0.05, 0.1) is 31.5 Å². The van der Waals surface area contributed by atoms with Crippen LogP contribution in [0.5, 0.6) is 5.75 Å². The van der Waals surface area contributed by atoms with Crippen molar-refractivity contribution in [3.63, 3.8) is 0 Å². The zero-order chi connectivity index (χ0) is 33.9. The van der Waals surface area contributed by atoms with Crippen LogP contribution in [0.4, 0.5) is 13.2 Å². The Balaban J connectivity index is 0.000000738. The molecule has 4 N–H and O–H groups in total. The average Bonchev–Trinajstić information content (AvgIpc) is 3.61. The first-order chi connectivity index (χ1) is 21.8. The lowest BCUT2D eigenvalue weighted by Crippen LogP contribution is -2.30. The lowest BCUT2D eigenvalue weighted by Gasteiger charge is -2.17. The highest BCUT2D eigenvalue weighted by atomic mass is 19.4. The molecule has 0 unspecified atom stereocenters. The Morgan fingerprint density at radius 1 is 1.02 bits per heavy atom. The van der Waals surface area contributed by atoms with Crippen LogP contribution >= 0.6 is 0 Å². The van der Waals surface area contributed by atoms with E-state index >= 15 is 0 Å². The van der Waals surface area contributed by atoms with Crippen LogP contribution in [0, 0.1) is 12.8 Å². The number of alkyl halides is 3. The van der Waals surface area contributed by atoms with Crippen molar-refractivity contribution in [2.45, 2.75) is 77.9 Å². The molecule has 0 saturated carbocycles. The summed E-state index contributed by atoms with van der Waals surface area (Å²) in [5.74, 6) is -0.577. The molecule has 46 heavy (non-hydrogen) atoms. The first kappa shape index (κ1) is 35.9. The third kappa shape index (κ3) is 10.8. The Labute approximate surface area is 266 Å². The number of H-pyrrole nitrogens is 2. The van der Waals surface area contributed by atoms with E-state index in [-0.39, 0.29) is 18.4 Å². The number of imidazole rings is 1. The minimum atomic E-state index is -5.08. The predicted octanol–water partition coefficient (Wildman–Crippen LogP) is 7.47. The van der Waals surface area contributed by atoms with Crippen molar-refractivity contribution >= 4 is 28.6 Å². The van der Waals surface area contributed by atoms with Crippen LogP contribution in [0.15, 0.2) is 54.7 Å². The first-order valence-corrected chi connectivity index (χ1v) is 15.1. The number of aromatic amines is 2. The van der Waals surface area contributed by atoms with E-state index in [0.29, 0.717) is 24.5 Å². The van der Waals surface area contributed by atoms with Crippen LogP contribution < -0.4 is 10.1 Å². The Kier molecular flexibility index (Phi) is 13.0.